The van der Waals surface area contributed by atoms with Gasteiger partial charge in [0.15, 0.2) is 0 Å². The average Bonchev–Trinajstić information content (AvgIpc) is 2.30. The molecule has 0 radical (unpaired) electrons. The molecule has 4 heteroatoms. The van der Waals surface area contributed by atoms with Gasteiger partial charge in [0.05, 0.1) is 0 Å². The standard InChI is InChI=1S/C13H19FN2S/c1-3-7-16(4-2)9-10-5-6-12(14)11(8-10)13(15)17/h5-6,8H,3-4,7,9H2,1-2H3,(H2,15,17). The van der Waals surface area contributed by atoms with E-state index in [1.54, 1.807) is 12.1 Å². The van der Waals surface area contributed by atoms with Crippen molar-refractivity contribution < 1.29 is 4.39 Å². The molecular weight excluding hydrogens is 235 g/mol. The van der Waals surface area contributed by atoms with Crippen LogP contribution in [0, 0.1) is 5.82 Å². The van der Waals surface area contributed by atoms with E-state index in [0.717, 1.165) is 31.6 Å². The van der Waals surface area contributed by atoms with Crippen LogP contribution in [0.3, 0.4) is 0 Å². The molecule has 0 atom stereocenters. The third-order valence-corrected chi connectivity index (χ3v) is 2.91. The van der Waals surface area contributed by atoms with E-state index >= 15 is 0 Å². The molecule has 0 aliphatic rings. The highest BCUT2D eigenvalue weighted by atomic mass is 32.1. The third-order valence-electron chi connectivity index (χ3n) is 2.69. The number of halogens is 1. The highest BCUT2D eigenvalue weighted by molar-refractivity contribution is 7.80. The van der Waals surface area contributed by atoms with E-state index in [0.29, 0.717) is 5.56 Å². The van der Waals surface area contributed by atoms with Gasteiger partial charge in [0.1, 0.15) is 10.8 Å². The van der Waals surface area contributed by atoms with Crippen LogP contribution in [0.2, 0.25) is 0 Å². The van der Waals surface area contributed by atoms with E-state index in [4.69, 9.17) is 18.0 Å². The van der Waals surface area contributed by atoms with Gasteiger partial charge in [-0.05, 0) is 37.2 Å². The van der Waals surface area contributed by atoms with E-state index < -0.39 is 0 Å². The first-order valence-corrected chi connectivity index (χ1v) is 6.29. The van der Waals surface area contributed by atoms with Gasteiger partial charge in [-0.2, -0.15) is 0 Å². The van der Waals surface area contributed by atoms with E-state index in [9.17, 15) is 4.39 Å². The molecule has 2 nitrogen and oxygen atoms in total. The Morgan fingerprint density at radius 3 is 2.65 bits per heavy atom. The second-order valence-electron chi connectivity index (χ2n) is 4.05. The lowest BCUT2D eigenvalue weighted by Gasteiger charge is -2.19. The minimum absolute atomic E-state index is 0.114. The molecule has 0 unspecified atom stereocenters. The van der Waals surface area contributed by atoms with Crippen molar-refractivity contribution in [2.75, 3.05) is 13.1 Å². The van der Waals surface area contributed by atoms with E-state index in [-0.39, 0.29) is 10.8 Å². The molecule has 1 aromatic rings. The summed E-state index contributed by atoms with van der Waals surface area (Å²) < 4.78 is 13.4. The zero-order valence-electron chi connectivity index (χ0n) is 10.4. The quantitative estimate of drug-likeness (QED) is 0.791. The van der Waals surface area contributed by atoms with Gasteiger partial charge in [0.2, 0.25) is 0 Å². The van der Waals surface area contributed by atoms with Gasteiger partial charge in [0.25, 0.3) is 0 Å². The summed E-state index contributed by atoms with van der Waals surface area (Å²) in [7, 11) is 0. The summed E-state index contributed by atoms with van der Waals surface area (Å²) >= 11 is 4.83. The first-order valence-electron chi connectivity index (χ1n) is 5.89. The van der Waals surface area contributed by atoms with Gasteiger partial charge < -0.3 is 5.73 Å². The molecule has 17 heavy (non-hydrogen) atoms. The fraction of sp³-hybridized carbons (Fsp3) is 0.462. The molecule has 0 aliphatic carbocycles. The molecule has 2 N–H and O–H groups in total. The van der Waals surface area contributed by atoms with Crippen molar-refractivity contribution >= 4 is 17.2 Å². The van der Waals surface area contributed by atoms with Gasteiger partial charge in [-0.25, -0.2) is 4.39 Å². The zero-order chi connectivity index (χ0) is 12.8. The number of hydrogen-bond donors (Lipinski definition) is 1. The van der Waals surface area contributed by atoms with E-state index in [1.807, 2.05) is 0 Å². The topological polar surface area (TPSA) is 29.3 Å². The predicted molar refractivity (Wildman–Crippen MR) is 73.5 cm³/mol. The Morgan fingerprint density at radius 1 is 1.41 bits per heavy atom. The molecule has 0 aromatic heterocycles. The molecule has 0 heterocycles. The Labute approximate surface area is 108 Å². The summed E-state index contributed by atoms with van der Waals surface area (Å²) in [4.78, 5) is 2.42. The van der Waals surface area contributed by atoms with Crippen LogP contribution in [0.1, 0.15) is 31.4 Å². The van der Waals surface area contributed by atoms with Gasteiger partial charge in [-0.1, -0.05) is 32.1 Å². The Morgan fingerprint density at radius 2 is 2.12 bits per heavy atom. The molecular formula is C13H19FN2S. The lowest BCUT2D eigenvalue weighted by atomic mass is 10.1. The van der Waals surface area contributed by atoms with E-state index in [2.05, 4.69) is 18.7 Å². The Kier molecular flexibility index (Phi) is 5.51. The maximum atomic E-state index is 13.4. The molecule has 0 saturated carbocycles. The fourth-order valence-corrected chi connectivity index (χ4v) is 1.94. The summed E-state index contributed by atoms with van der Waals surface area (Å²) in [5, 5.41) is 0. The number of thiocarbonyl (C=S) groups is 1. The lowest BCUT2D eigenvalue weighted by molar-refractivity contribution is 0.280. The third kappa shape index (κ3) is 4.06. The van der Waals surface area contributed by atoms with Crippen LogP contribution >= 0.6 is 12.2 Å². The SMILES string of the molecule is CCCN(CC)Cc1ccc(F)c(C(N)=S)c1. The summed E-state index contributed by atoms with van der Waals surface area (Å²) in [6.45, 7) is 7.09. The van der Waals surface area contributed by atoms with Crippen LogP contribution < -0.4 is 5.73 Å². The van der Waals surface area contributed by atoms with Gasteiger partial charge in [-0.3, -0.25) is 4.90 Å². The highest BCUT2D eigenvalue weighted by Gasteiger charge is 2.08. The number of nitrogens with two attached hydrogens (primary N) is 1. The maximum absolute atomic E-state index is 13.4. The molecule has 0 bridgehead atoms. The second-order valence-corrected chi connectivity index (χ2v) is 4.49. The Bertz CT molecular complexity index is 393. The van der Waals surface area contributed by atoms with Gasteiger partial charge in [0, 0.05) is 12.1 Å². The van der Waals surface area contributed by atoms with Crippen LogP contribution in [-0.2, 0) is 6.54 Å². The minimum Gasteiger partial charge on any atom is -0.389 e. The van der Waals surface area contributed by atoms with Crippen molar-refractivity contribution in [1.29, 1.82) is 0 Å². The first kappa shape index (κ1) is 14.1. The lowest BCUT2D eigenvalue weighted by Crippen LogP contribution is -2.24. The van der Waals surface area contributed by atoms with Crippen LogP contribution in [0.15, 0.2) is 18.2 Å². The molecule has 1 rings (SSSR count). The summed E-state index contributed by atoms with van der Waals surface area (Å²) in [5.41, 5.74) is 6.87. The molecule has 0 aliphatic heterocycles. The van der Waals surface area contributed by atoms with Gasteiger partial charge in [-0.15, -0.1) is 0 Å². The number of benzene rings is 1. The fourth-order valence-electron chi connectivity index (χ4n) is 1.78. The Hall–Kier alpha value is -1.00. The predicted octanol–water partition coefficient (Wildman–Crippen LogP) is 2.69. The molecule has 0 amide bonds. The zero-order valence-corrected chi connectivity index (χ0v) is 11.2. The second kappa shape index (κ2) is 6.67. The first-order chi connectivity index (χ1) is 8.08. The van der Waals surface area contributed by atoms with Crippen molar-refractivity contribution in [1.82, 2.24) is 4.90 Å². The van der Waals surface area contributed by atoms with Gasteiger partial charge >= 0.3 is 0 Å². The smallest absolute Gasteiger partial charge is 0.133 e. The maximum Gasteiger partial charge on any atom is 0.133 e. The Balaban J connectivity index is 2.84. The minimum atomic E-state index is -0.347. The largest absolute Gasteiger partial charge is 0.389 e. The van der Waals surface area contributed by atoms with Crippen molar-refractivity contribution in [2.45, 2.75) is 26.8 Å². The molecule has 94 valence electrons. The average molecular weight is 254 g/mol. The summed E-state index contributed by atoms with van der Waals surface area (Å²) in [6, 6.07) is 4.97. The highest BCUT2D eigenvalue weighted by Crippen LogP contribution is 2.12. The van der Waals surface area contributed by atoms with Crippen LogP contribution in [0.5, 0.6) is 0 Å². The van der Waals surface area contributed by atoms with Crippen LogP contribution in [-0.4, -0.2) is 23.0 Å². The number of nitrogens with zero attached hydrogens (tertiary/aromatic N) is 1. The van der Waals surface area contributed by atoms with Crippen molar-refractivity contribution in [3.8, 4) is 0 Å². The monoisotopic (exact) mass is 254 g/mol. The molecule has 0 saturated heterocycles. The van der Waals surface area contributed by atoms with Crippen LogP contribution in [0.25, 0.3) is 0 Å². The summed E-state index contributed by atoms with van der Waals surface area (Å²) in [5.74, 6) is -0.347. The molecule has 0 fully saturated rings. The van der Waals surface area contributed by atoms with E-state index in [1.165, 1.54) is 6.07 Å². The molecule has 1 aromatic carbocycles. The van der Waals surface area contributed by atoms with Crippen molar-refractivity contribution in [2.24, 2.45) is 5.73 Å². The number of hydrogen-bond acceptors (Lipinski definition) is 2. The normalized spacial score (nSPS) is 10.8. The number of rotatable bonds is 6. The summed E-state index contributed by atoms with van der Waals surface area (Å²) in [6.07, 6.45) is 1.11. The van der Waals surface area contributed by atoms with Crippen LogP contribution in [0.4, 0.5) is 4.39 Å². The van der Waals surface area contributed by atoms with Crippen molar-refractivity contribution in [3.63, 3.8) is 0 Å². The molecule has 0 spiro atoms. The van der Waals surface area contributed by atoms with Crippen molar-refractivity contribution in [3.05, 3.63) is 35.1 Å².